The standard InChI is InChI=1S/C23H29N3O4S/c27-23-21(24-31(28,29)16-17-4-2-1-3-5-17)6-7-22-19-12-18(14-26(22)23)13-25(15-19)20-8-10-30-11-9-20/h1-7,18-20,24H,8-16H2/p+1/t18-,19+/m0/s1. The number of quaternary nitrogens is 1. The number of rotatable bonds is 5. The number of fused-ring (bicyclic) bond motifs is 4. The molecule has 31 heavy (non-hydrogen) atoms. The van der Waals surface area contributed by atoms with Gasteiger partial charge >= 0.3 is 0 Å². The lowest BCUT2D eigenvalue weighted by atomic mass is 9.82. The molecular formula is C23H30N3O4S+. The van der Waals surface area contributed by atoms with Crippen molar-refractivity contribution in [2.75, 3.05) is 31.0 Å². The number of hydrogen-bond donors (Lipinski definition) is 2. The first-order valence-corrected chi connectivity index (χ1v) is 12.8. The molecule has 3 aliphatic rings. The van der Waals surface area contributed by atoms with E-state index in [0.717, 1.165) is 51.3 Å². The van der Waals surface area contributed by atoms with E-state index in [1.807, 2.05) is 28.8 Å². The zero-order chi connectivity index (χ0) is 21.4. The van der Waals surface area contributed by atoms with Gasteiger partial charge in [0.05, 0.1) is 38.1 Å². The molecule has 0 aliphatic carbocycles. The van der Waals surface area contributed by atoms with Crippen LogP contribution in [0.25, 0.3) is 0 Å². The number of nitrogens with zero attached hydrogens (tertiary/aromatic N) is 1. The van der Waals surface area contributed by atoms with Crippen LogP contribution in [0.3, 0.4) is 0 Å². The summed E-state index contributed by atoms with van der Waals surface area (Å²) < 4.78 is 35.1. The minimum Gasteiger partial charge on any atom is -0.381 e. The minimum absolute atomic E-state index is 0.147. The summed E-state index contributed by atoms with van der Waals surface area (Å²) in [6, 6.07) is 13.3. The maximum Gasteiger partial charge on any atom is 0.275 e. The van der Waals surface area contributed by atoms with Crippen LogP contribution >= 0.6 is 0 Å². The number of likely N-dealkylation sites (tertiary alicyclic amines) is 1. The highest BCUT2D eigenvalue weighted by Crippen LogP contribution is 2.31. The van der Waals surface area contributed by atoms with Crippen molar-refractivity contribution in [2.45, 2.75) is 43.5 Å². The van der Waals surface area contributed by atoms with Crippen molar-refractivity contribution < 1.29 is 18.1 Å². The summed E-state index contributed by atoms with van der Waals surface area (Å²) in [4.78, 5) is 14.8. The number of ether oxygens (including phenoxy) is 1. The molecular weight excluding hydrogens is 414 g/mol. The lowest BCUT2D eigenvalue weighted by Gasteiger charge is -2.44. The summed E-state index contributed by atoms with van der Waals surface area (Å²) in [5.41, 5.74) is 1.67. The Hall–Kier alpha value is -2.16. The van der Waals surface area contributed by atoms with Crippen LogP contribution in [-0.2, 0) is 27.1 Å². The van der Waals surface area contributed by atoms with E-state index in [9.17, 15) is 13.2 Å². The molecule has 2 aromatic rings. The monoisotopic (exact) mass is 444 g/mol. The van der Waals surface area contributed by atoms with Gasteiger partial charge in [0.15, 0.2) is 0 Å². The minimum atomic E-state index is -3.66. The molecule has 1 aromatic heterocycles. The number of hydrogen-bond acceptors (Lipinski definition) is 4. The van der Waals surface area contributed by atoms with Crippen molar-refractivity contribution in [2.24, 2.45) is 5.92 Å². The van der Waals surface area contributed by atoms with Gasteiger partial charge in [-0.1, -0.05) is 30.3 Å². The van der Waals surface area contributed by atoms with E-state index in [2.05, 4.69) is 4.72 Å². The molecule has 8 heteroatoms. The van der Waals surface area contributed by atoms with Crippen molar-refractivity contribution in [3.63, 3.8) is 0 Å². The Morgan fingerprint density at radius 3 is 2.61 bits per heavy atom. The number of pyridine rings is 1. The molecule has 2 fully saturated rings. The molecule has 0 amide bonds. The fraction of sp³-hybridized carbons (Fsp3) is 0.522. The highest BCUT2D eigenvalue weighted by atomic mass is 32.2. The maximum atomic E-state index is 13.2. The molecule has 1 unspecified atom stereocenters. The summed E-state index contributed by atoms with van der Waals surface area (Å²) in [6.45, 7) is 4.50. The lowest BCUT2D eigenvalue weighted by Crippen LogP contribution is -3.18. The molecule has 3 aliphatic heterocycles. The quantitative estimate of drug-likeness (QED) is 0.720. The lowest BCUT2D eigenvalue weighted by molar-refractivity contribution is -0.937. The van der Waals surface area contributed by atoms with Crippen LogP contribution in [0.15, 0.2) is 47.3 Å². The smallest absolute Gasteiger partial charge is 0.275 e. The zero-order valence-electron chi connectivity index (χ0n) is 17.6. The summed E-state index contributed by atoms with van der Waals surface area (Å²) in [5, 5.41) is 0. The molecule has 4 heterocycles. The molecule has 0 spiro atoms. The topological polar surface area (TPSA) is 81.8 Å². The Labute approximate surface area is 183 Å². The summed E-state index contributed by atoms with van der Waals surface area (Å²) in [5.74, 6) is 0.662. The Kier molecular flexibility index (Phi) is 5.62. The van der Waals surface area contributed by atoms with Crippen molar-refractivity contribution in [3.8, 4) is 0 Å². The summed E-state index contributed by atoms with van der Waals surface area (Å²) in [7, 11) is -3.66. The fourth-order valence-electron chi connectivity index (χ4n) is 5.61. The van der Waals surface area contributed by atoms with Crippen molar-refractivity contribution >= 4 is 15.7 Å². The molecule has 3 atom stereocenters. The number of benzene rings is 1. The third kappa shape index (κ3) is 4.42. The molecule has 0 saturated carbocycles. The molecule has 166 valence electrons. The van der Waals surface area contributed by atoms with Gasteiger partial charge in [-0.25, -0.2) is 8.42 Å². The summed E-state index contributed by atoms with van der Waals surface area (Å²) >= 11 is 0. The molecule has 7 nitrogen and oxygen atoms in total. The fourth-order valence-corrected chi connectivity index (χ4v) is 6.81. The van der Waals surface area contributed by atoms with E-state index in [-0.39, 0.29) is 17.0 Å². The number of nitrogens with one attached hydrogen (secondary N) is 2. The van der Waals surface area contributed by atoms with Gasteiger partial charge in [-0.3, -0.25) is 9.52 Å². The van der Waals surface area contributed by atoms with Gasteiger partial charge in [0.25, 0.3) is 5.56 Å². The van der Waals surface area contributed by atoms with Gasteiger partial charge in [-0.2, -0.15) is 0 Å². The van der Waals surface area contributed by atoms with Crippen LogP contribution in [0.2, 0.25) is 0 Å². The van der Waals surface area contributed by atoms with E-state index in [1.165, 1.54) is 0 Å². The van der Waals surface area contributed by atoms with Crippen molar-refractivity contribution in [1.29, 1.82) is 0 Å². The zero-order valence-corrected chi connectivity index (χ0v) is 18.4. The number of sulfonamides is 1. The van der Waals surface area contributed by atoms with E-state index in [1.54, 1.807) is 23.1 Å². The van der Waals surface area contributed by atoms with Crippen LogP contribution in [-0.4, -0.2) is 45.3 Å². The first kappa shape index (κ1) is 20.7. The van der Waals surface area contributed by atoms with E-state index < -0.39 is 10.0 Å². The van der Waals surface area contributed by atoms with E-state index >= 15 is 0 Å². The third-order valence-corrected chi connectivity index (χ3v) is 8.25. The van der Waals surface area contributed by atoms with Gasteiger partial charge in [0, 0.05) is 36.9 Å². The van der Waals surface area contributed by atoms with Gasteiger partial charge in [-0.05, 0) is 24.1 Å². The SMILES string of the molecule is O=c1c(NS(=O)(=O)Cc2ccccc2)ccc2n1C[C@H]1C[C@@H]2C[NH+](C2CCOCC2)C1. The Morgan fingerprint density at radius 1 is 1.06 bits per heavy atom. The predicted octanol–water partition coefficient (Wildman–Crippen LogP) is 0.971. The van der Waals surface area contributed by atoms with Crippen LogP contribution in [0.5, 0.6) is 0 Å². The Balaban J connectivity index is 1.35. The van der Waals surface area contributed by atoms with Gasteiger partial charge in [-0.15, -0.1) is 0 Å². The maximum absolute atomic E-state index is 13.2. The molecule has 2 saturated heterocycles. The largest absolute Gasteiger partial charge is 0.381 e. The molecule has 0 radical (unpaired) electrons. The van der Waals surface area contributed by atoms with Crippen LogP contribution in [0, 0.1) is 5.92 Å². The van der Waals surface area contributed by atoms with E-state index in [4.69, 9.17) is 4.74 Å². The second kappa shape index (κ2) is 8.41. The number of piperidine rings is 1. The van der Waals surface area contributed by atoms with Crippen LogP contribution < -0.4 is 15.2 Å². The molecule has 5 rings (SSSR count). The normalized spacial score (nSPS) is 26.3. The summed E-state index contributed by atoms with van der Waals surface area (Å²) in [6.07, 6.45) is 3.35. The highest BCUT2D eigenvalue weighted by molar-refractivity contribution is 7.91. The van der Waals surface area contributed by atoms with Gasteiger partial charge in [0.2, 0.25) is 10.0 Å². The number of aromatic nitrogens is 1. The molecule has 1 aromatic carbocycles. The predicted molar refractivity (Wildman–Crippen MR) is 119 cm³/mol. The second-order valence-electron chi connectivity index (χ2n) is 9.19. The first-order valence-electron chi connectivity index (χ1n) is 11.2. The van der Waals surface area contributed by atoms with Crippen LogP contribution in [0.1, 0.15) is 36.4 Å². The van der Waals surface area contributed by atoms with E-state index in [0.29, 0.717) is 30.0 Å². The second-order valence-corrected chi connectivity index (χ2v) is 10.9. The Bertz CT molecular complexity index is 1090. The van der Waals surface area contributed by atoms with Crippen LogP contribution in [0.4, 0.5) is 5.69 Å². The first-order chi connectivity index (χ1) is 15.0. The van der Waals surface area contributed by atoms with Gasteiger partial charge < -0.3 is 14.2 Å². The Morgan fingerprint density at radius 2 is 1.84 bits per heavy atom. The highest BCUT2D eigenvalue weighted by Gasteiger charge is 2.40. The number of anilines is 1. The third-order valence-electron chi connectivity index (χ3n) is 7.01. The average molecular weight is 445 g/mol. The average Bonchev–Trinajstić information content (AvgIpc) is 2.77. The van der Waals surface area contributed by atoms with Crippen molar-refractivity contribution in [3.05, 3.63) is 64.1 Å². The van der Waals surface area contributed by atoms with Gasteiger partial charge in [0.1, 0.15) is 5.69 Å². The molecule has 2 bridgehead atoms. The van der Waals surface area contributed by atoms with Crippen molar-refractivity contribution in [1.82, 2.24) is 4.57 Å². The molecule has 2 N–H and O–H groups in total.